The molecule has 10 heteroatoms. The first-order chi connectivity index (χ1) is 12.4. The summed E-state index contributed by atoms with van der Waals surface area (Å²) in [7, 11) is -3.00. The summed E-state index contributed by atoms with van der Waals surface area (Å²) < 4.78 is 35.7. The lowest BCUT2D eigenvalue weighted by Crippen LogP contribution is -2.41. The summed E-state index contributed by atoms with van der Waals surface area (Å²) in [6.45, 7) is 3.37. The molecule has 0 aliphatic carbocycles. The molecule has 27 heavy (non-hydrogen) atoms. The van der Waals surface area contributed by atoms with E-state index in [9.17, 15) is 17.6 Å². The van der Waals surface area contributed by atoms with Crippen molar-refractivity contribution in [3.8, 4) is 0 Å². The Labute approximate surface area is 176 Å². The van der Waals surface area contributed by atoms with Gasteiger partial charge in [-0.15, -0.1) is 24.0 Å². The van der Waals surface area contributed by atoms with Crippen LogP contribution < -0.4 is 16.0 Å². The van der Waals surface area contributed by atoms with Crippen molar-refractivity contribution < 1.29 is 17.6 Å². The van der Waals surface area contributed by atoms with E-state index in [1.54, 1.807) is 12.1 Å². The molecule has 1 unspecified atom stereocenters. The van der Waals surface area contributed by atoms with Gasteiger partial charge in [-0.3, -0.25) is 4.79 Å². The molecule has 1 amide bonds. The van der Waals surface area contributed by atoms with Crippen molar-refractivity contribution in [3.63, 3.8) is 0 Å². The first kappa shape index (κ1) is 23.6. The Bertz CT molecular complexity index is 741. The van der Waals surface area contributed by atoms with Crippen molar-refractivity contribution in [2.45, 2.75) is 32.4 Å². The fourth-order valence-corrected chi connectivity index (χ4v) is 4.28. The summed E-state index contributed by atoms with van der Waals surface area (Å²) in [5, 5.41) is 8.89. The molecule has 3 N–H and O–H groups in total. The molecule has 2 rings (SSSR count). The van der Waals surface area contributed by atoms with Gasteiger partial charge < -0.3 is 16.0 Å². The van der Waals surface area contributed by atoms with Crippen LogP contribution in [0.25, 0.3) is 0 Å². The second kappa shape index (κ2) is 11.4. The zero-order valence-corrected chi connectivity index (χ0v) is 18.3. The average molecular weight is 512 g/mol. The van der Waals surface area contributed by atoms with E-state index in [0.29, 0.717) is 32.0 Å². The van der Waals surface area contributed by atoms with Crippen LogP contribution in [0.4, 0.5) is 4.39 Å². The van der Waals surface area contributed by atoms with Crippen LogP contribution in [0.15, 0.2) is 29.3 Å². The van der Waals surface area contributed by atoms with E-state index in [4.69, 9.17) is 0 Å². The standard InChI is InChI=1S/C17H25FN4O3S.HI/c1-2-19-17(21-11-13-3-5-14(18)6-4-13)20-9-7-16(23)22-15-8-10-26(24,25)12-15;/h3-6,15H,2,7-12H2,1H3,(H,22,23)(H2,19,20,21);1H. The van der Waals surface area contributed by atoms with Gasteiger partial charge in [0.25, 0.3) is 0 Å². The van der Waals surface area contributed by atoms with Crippen LogP contribution in [0, 0.1) is 5.82 Å². The number of sulfone groups is 1. The molecule has 1 fully saturated rings. The Morgan fingerprint density at radius 1 is 1.26 bits per heavy atom. The predicted molar refractivity (Wildman–Crippen MR) is 114 cm³/mol. The summed E-state index contributed by atoms with van der Waals surface area (Å²) >= 11 is 0. The molecule has 0 bridgehead atoms. The van der Waals surface area contributed by atoms with Crippen LogP contribution in [-0.2, 0) is 21.2 Å². The number of aliphatic imine (C=N–C) groups is 1. The SMILES string of the molecule is CCNC(=NCc1ccc(F)cc1)NCCC(=O)NC1CCS(=O)(=O)C1.I. The highest BCUT2D eigenvalue weighted by molar-refractivity contribution is 14.0. The fourth-order valence-electron chi connectivity index (χ4n) is 2.61. The van der Waals surface area contributed by atoms with Gasteiger partial charge in [-0.2, -0.15) is 0 Å². The number of carbonyl (C=O) groups is 1. The van der Waals surface area contributed by atoms with E-state index in [0.717, 1.165) is 5.56 Å². The Balaban J connectivity index is 0.00000364. The van der Waals surface area contributed by atoms with E-state index >= 15 is 0 Å². The Kier molecular flexibility index (Phi) is 9.99. The lowest BCUT2D eigenvalue weighted by atomic mass is 10.2. The zero-order chi connectivity index (χ0) is 19.0. The van der Waals surface area contributed by atoms with Crippen molar-refractivity contribution in [2.24, 2.45) is 4.99 Å². The lowest BCUT2D eigenvalue weighted by Gasteiger charge is -2.13. The van der Waals surface area contributed by atoms with Gasteiger partial charge >= 0.3 is 0 Å². The number of nitrogens with one attached hydrogen (secondary N) is 3. The summed E-state index contributed by atoms with van der Waals surface area (Å²) in [5.41, 5.74) is 0.879. The van der Waals surface area contributed by atoms with Gasteiger partial charge in [-0.1, -0.05) is 12.1 Å². The molecule has 1 aromatic rings. The van der Waals surface area contributed by atoms with Crippen LogP contribution in [-0.4, -0.2) is 50.9 Å². The number of carbonyl (C=O) groups excluding carboxylic acids is 1. The zero-order valence-electron chi connectivity index (χ0n) is 15.2. The topological polar surface area (TPSA) is 99.7 Å². The number of halogens is 2. The normalized spacial score (nSPS) is 18.4. The van der Waals surface area contributed by atoms with Crippen LogP contribution in [0.5, 0.6) is 0 Å². The molecule has 1 saturated heterocycles. The molecule has 152 valence electrons. The highest BCUT2D eigenvalue weighted by atomic mass is 127. The average Bonchev–Trinajstić information content (AvgIpc) is 2.92. The molecule has 1 aliphatic rings. The highest BCUT2D eigenvalue weighted by Crippen LogP contribution is 2.11. The second-order valence-corrected chi connectivity index (χ2v) is 8.39. The first-order valence-corrected chi connectivity index (χ1v) is 10.5. The maximum atomic E-state index is 12.9. The number of benzene rings is 1. The van der Waals surface area contributed by atoms with Gasteiger partial charge in [-0.25, -0.2) is 17.8 Å². The number of hydrogen-bond acceptors (Lipinski definition) is 4. The summed E-state index contributed by atoms with van der Waals surface area (Å²) in [5.74, 6) is 0.246. The molecule has 0 saturated carbocycles. The summed E-state index contributed by atoms with van der Waals surface area (Å²) in [6, 6.07) is 5.84. The van der Waals surface area contributed by atoms with E-state index in [2.05, 4.69) is 20.9 Å². The van der Waals surface area contributed by atoms with Crippen LogP contribution in [0.3, 0.4) is 0 Å². The minimum absolute atomic E-state index is 0. The van der Waals surface area contributed by atoms with Crippen LogP contribution >= 0.6 is 24.0 Å². The van der Waals surface area contributed by atoms with Gasteiger partial charge in [0.1, 0.15) is 5.82 Å². The minimum atomic E-state index is -3.00. The van der Waals surface area contributed by atoms with E-state index in [-0.39, 0.29) is 59.7 Å². The second-order valence-electron chi connectivity index (χ2n) is 6.17. The third-order valence-corrected chi connectivity index (χ3v) is 5.69. The van der Waals surface area contributed by atoms with Crippen LogP contribution in [0.1, 0.15) is 25.3 Å². The van der Waals surface area contributed by atoms with Gasteiger partial charge in [0, 0.05) is 25.6 Å². The first-order valence-electron chi connectivity index (χ1n) is 8.64. The van der Waals surface area contributed by atoms with Gasteiger partial charge in [-0.05, 0) is 31.0 Å². The quantitative estimate of drug-likeness (QED) is 0.290. The third-order valence-electron chi connectivity index (χ3n) is 3.92. The van der Waals surface area contributed by atoms with Crippen molar-refractivity contribution >= 4 is 45.7 Å². The molecule has 1 heterocycles. The number of rotatable bonds is 7. The van der Waals surface area contributed by atoms with Gasteiger partial charge in [0.2, 0.25) is 5.91 Å². The molecular formula is C17H26FIN4O3S. The number of guanidine groups is 1. The maximum absolute atomic E-state index is 12.9. The molecule has 0 aromatic heterocycles. The molecule has 1 aromatic carbocycles. The molecule has 0 radical (unpaired) electrons. The van der Waals surface area contributed by atoms with E-state index in [1.807, 2.05) is 6.92 Å². The Hall–Kier alpha value is -1.43. The molecule has 1 atom stereocenters. The molecule has 7 nitrogen and oxygen atoms in total. The smallest absolute Gasteiger partial charge is 0.222 e. The molecule has 0 spiro atoms. The van der Waals surface area contributed by atoms with Gasteiger partial charge in [0.05, 0.1) is 18.1 Å². The maximum Gasteiger partial charge on any atom is 0.222 e. The summed E-state index contributed by atoms with van der Waals surface area (Å²) in [4.78, 5) is 16.3. The highest BCUT2D eigenvalue weighted by Gasteiger charge is 2.28. The van der Waals surface area contributed by atoms with Crippen molar-refractivity contribution in [1.82, 2.24) is 16.0 Å². The Morgan fingerprint density at radius 2 is 1.96 bits per heavy atom. The molecule has 1 aliphatic heterocycles. The van der Waals surface area contributed by atoms with E-state index < -0.39 is 9.84 Å². The van der Waals surface area contributed by atoms with Crippen molar-refractivity contribution in [3.05, 3.63) is 35.6 Å². The van der Waals surface area contributed by atoms with Gasteiger partial charge in [0.15, 0.2) is 15.8 Å². The number of hydrogen-bond donors (Lipinski definition) is 3. The fraction of sp³-hybridized carbons (Fsp3) is 0.529. The molecular weight excluding hydrogens is 486 g/mol. The van der Waals surface area contributed by atoms with Crippen molar-refractivity contribution in [1.29, 1.82) is 0 Å². The third kappa shape index (κ3) is 8.87. The Morgan fingerprint density at radius 3 is 2.56 bits per heavy atom. The van der Waals surface area contributed by atoms with Crippen molar-refractivity contribution in [2.75, 3.05) is 24.6 Å². The predicted octanol–water partition coefficient (Wildman–Crippen LogP) is 1.19. The lowest BCUT2D eigenvalue weighted by molar-refractivity contribution is -0.121. The van der Waals surface area contributed by atoms with E-state index in [1.165, 1.54) is 12.1 Å². The van der Waals surface area contributed by atoms with Crippen LogP contribution in [0.2, 0.25) is 0 Å². The largest absolute Gasteiger partial charge is 0.357 e. The number of nitrogens with zero attached hydrogens (tertiary/aromatic N) is 1. The number of amides is 1. The summed E-state index contributed by atoms with van der Waals surface area (Å²) in [6.07, 6.45) is 0.695. The monoisotopic (exact) mass is 512 g/mol. The minimum Gasteiger partial charge on any atom is -0.357 e.